The van der Waals surface area contributed by atoms with E-state index in [0.717, 1.165) is 5.41 Å². The molecule has 2 aromatic rings. The Labute approximate surface area is 133 Å². The van der Waals surface area contributed by atoms with Crippen LogP contribution in [0.4, 0.5) is 0 Å². The second-order valence-corrected chi connectivity index (χ2v) is 6.99. The lowest BCUT2D eigenvalue weighted by Crippen LogP contribution is -1.99. The molecule has 114 valence electrons. The zero-order valence-electron chi connectivity index (χ0n) is 11.4. The number of benzene rings is 2. The highest BCUT2D eigenvalue weighted by atomic mass is 35.5. The fourth-order valence-electron chi connectivity index (χ4n) is 1.78. The summed E-state index contributed by atoms with van der Waals surface area (Å²) in [6.45, 7) is 0. The first-order valence-corrected chi connectivity index (χ1v) is 8.44. The maximum absolute atomic E-state index is 12.0. The van der Waals surface area contributed by atoms with Crippen molar-refractivity contribution in [1.82, 2.24) is 0 Å². The van der Waals surface area contributed by atoms with Crippen molar-refractivity contribution in [2.75, 3.05) is 0 Å². The van der Waals surface area contributed by atoms with E-state index in [0.29, 0.717) is 16.1 Å². The van der Waals surface area contributed by atoms with Crippen molar-refractivity contribution in [3.63, 3.8) is 0 Å². The van der Waals surface area contributed by atoms with Crippen molar-refractivity contribution in [3.8, 4) is 0 Å². The minimum absolute atomic E-state index is 0.117. The Kier molecular flexibility index (Phi) is 5.00. The second-order valence-electron chi connectivity index (χ2n) is 4.66. The van der Waals surface area contributed by atoms with E-state index in [1.165, 1.54) is 18.2 Å². The van der Waals surface area contributed by atoms with E-state index < -0.39 is 15.8 Å². The number of carboxylic acid groups (broad SMARTS) is 1. The molecule has 6 heteroatoms. The molecule has 0 atom stereocenters. The number of carbonyl (C=O) groups is 1. The number of sulfone groups is 1. The smallest absolute Gasteiger partial charge is 0.335 e. The SMILES string of the molecule is O=C(O)c1ccc(/C=C/S(=O)(=O)Cc2ccc(Cl)cc2)cc1. The monoisotopic (exact) mass is 336 g/mol. The average molecular weight is 337 g/mol. The van der Waals surface area contributed by atoms with Crippen LogP contribution in [0.3, 0.4) is 0 Å². The van der Waals surface area contributed by atoms with Crippen molar-refractivity contribution >= 4 is 33.5 Å². The van der Waals surface area contributed by atoms with Gasteiger partial charge in [-0.2, -0.15) is 0 Å². The molecule has 0 aliphatic carbocycles. The summed E-state index contributed by atoms with van der Waals surface area (Å²) in [6, 6.07) is 12.6. The third kappa shape index (κ3) is 4.72. The molecule has 22 heavy (non-hydrogen) atoms. The molecule has 2 aromatic carbocycles. The summed E-state index contributed by atoms with van der Waals surface area (Å²) in [5, 5.41) is 10.5. The molecule has 0 saturated heterocycles. The van der Waals surface area contributed by atoms with Gasteiger partial charge in [-0.1, -0.05) is 35.9 Å². The molecule has 0 aliphatic rings. The van der Waals surface area contributed by atoms with E-state index in [2.05, 4.69) is 0 Å². The summed E-state index contributed by atoms with van der Waals surface area (Å²) in [5.74, 6) is -1.14. The van der Waals surface area contributed by atoms with Gasteiger partial charge >= 0.3 is 5.97 Å². The first-order valence-electron chi connectivity index (χ1n) is 6.34. The quantitative estimate of drug-likeness (QED) is 0.905. The van der Waals surface area contributed by atoms with Gasteiger partial charge in [0, 0.05) is 10.4 Å². The Morgan fingerprint density at radius 1 is 1.05 bits per heavy atom. The van der Waals surface area contributed by atoms with Gasteiger partial charge in [0.2, 0.25) is 0 Å². The van der Waals surface area contributed by atoms with Gasteiger partial charge in [-0.05, 0) is 41.5 Å². The van der Waals surface area contributed by atoms with Gasteiger partial charge < -0.3 is 5.11 Å². The van der Waals surface area contributed by atoms with Gasteiger partial charge in [-0.15, -0.1) is 0 Å². The molecular formula is C16H13ClO4S. The van der Waals surface area contributed by atoms with Crippen molar-refractivity contribution in [2.24, 2.45) is 0 Å². The molecule has 0 aromatic heterocycles. The fourth-order valence-corrected chi connectivity index (χ4v) is 3.02. The largest absolute Gasteiger partial charge is 0.478 e. The molecule has 4 nitrogen and oxygen atoms in total. The maximum atomic E-state index is 12.0. The van der Waals surface area contributed by atoms with Crippen molar-refractivity contribution in [2.45, 2.75) is 5.75 Å². The highest BCUT2D eigenvalue weighted by Crippen LogP contribution is 2.14. The molecule has 0 bridgehead atoms. The predicted octanol–water partition coefficient (Wildman–Crippen LogP) is 3.62. The Balaban J connectivity index is 2.10. The predicted molar refractivity (Wildman–Crippen MR) is 86.5 cm³/mol. The molecule has 1 N–H and O–H groups in total. The zero-order chi connectivity index (χ0) is 16.2. The van der Waals surface area contributed by atoms with Crippen molar-refractivity contribution < 1.29 is 18.3 Å². The van der Waals surface area contributed by atoms with Gasteiger partial charge in [-0.3, -0.25) is 0 Å². The van der Waals surface area contributed by atoms with Crippen LogP contribution in [0.1, 0.15) is 21.5 Å². The Bertz CT molecular complexity index is 791. The molecule has 0 heterocycles. The van der Waals surface area contributed by atoms with E-state index in [9.17, 15) is 13.2 Å². The molecule has 2 rings (SSSR count). The minimum atomic E-state index is -3.41. The second kappa shape index (κ2) is 6.77. The molecule has 0 amide bonds. The van der Waals surface area contributed by atoms with Crippen LogP contribution in [0.15, 0.2) is 53.9 Å². The molecule has 0 fully saturated rings. The van der Waals surface area contributed by atoms with E-state index in [1.807, 2.05) is 0 Å². The van der Waals surface area contributed by atoms with Crippen LogP contribution in [-0.2, 0) is 15.6 Å². The van der Waals surface area contributed by atoms with Crippen molar-refractivity contribution in [1.29, 1.82) is 0 Å². The number of hydrogen-bond donors (Lipinski definition) is 1. The van der Waals surface area contributed by atoms with Crippen LogP contribution < -0.4 is 0 Å². The summed E-state index contributed by atoms with van der Waals surface area (Å²) in [5.41, 5.74) is 1.42. The number of carboxylic acids is 1. The highest BCUT2D eigenvalue weighted by Gasteiger charge is 2.08. The van der Waals surface area contributed by atoms with Crippen LogP contribution >= 0.6 is 11.6 Å². The lowest BCUT2D eigenvalue weighted by molar-refractivity contribution is 0.0697. The molecule has 0 spiro atoms. The summed E-state index contributed by atoms with van der Waals surface area (Å²) in [4.78, 5) is 10.7. The number of rotatable bonds is 5. The molecule has 0 aliphatic heterocycles. The normalized spacial score (nSPS) is 11.7. The third-order valence-corrected chi connectivity index (χ3v) is 4.45. The van der Waals surface area contributed by atoms with Crippen LogP contribution in [0.25, 0.3) is 6.08 Å². The standard InChI is InChI=1S/C16H13ClO4S/c17-15-7-3-13(4-8-15)11-22(20,21)10-9-12-1-5-14(6-2-12)16(18)19/h1-10H,11H2,(H,18,19)/b10-9+. The molecule has 0 unspecified atom stereocenters. The zero-order valence-corrected chi connectivity index (χ0v) is 13.0. The van der Waals surface area contributed by atoms with Gasteiger partial charge in [0.1, 0.15) is 0 Å². The summed E-state index contributed by atoms with van der Waals surface area (Å²) < 4.78 is 24.0. The molecule has 0 radical (unpaired) electrons. The van der Waals surface area contributed by atoms with Gasteiger partial charge in [0.25, 0.3) is 0 Å². The van der Waals surface area contributed by atoms with Crippen LogP contribution in [0.5, 0.6) is 0 Å². The Hall–Kier alpha value is -2.11. The summed E-state index contributed by atoms with van der Waals surface area (Å²) in [6.07, 6.45) is 1.44. The van der Waals surface area contributed by atoms with E-state index in [-0.39, 0.29) is 11.3 Å². The Morgan fingerprint density at radius 2 is 1.64 bits per heavy atom. The van der Waals surface area contributed by atoms with Crippen LogP contribution in [0, 0.1) is 0 Å². The van der Waals surface area contributed by atoms with E-state index in [1.54, 1.807) is 36.4 Å². The summed E-state index contributed by atoms with van der Waals surface area (Å²) >= 11 is 5.75. The number of hydrogen-bond acceptors (Lipinski definition) is 3. The fraction of sp³-hybridized carbons (Fsp3) is 0.0625. The number of aromatic carboxylic acids is 1. The lowest BCUT2D eigenvalue weighted by atomic mass is 10.1. The van der Waals surface area contributed by atoms with Crippen LogP contribution in [0.2, 0.25) is 5.02 Å². The third-order valence-electron chi connectivity index (χ3n) is 2.91. The topological polar surface area (TPSA) is 71.4 Å². The lowest BCUT2D eigenvalue weighted by Gasteiger charge is -2.00. The highest BCUT2D eigenvalue weighted by molar-refractivity contribution is 7.93. The first kappa shape index (κ1) is 16.3. The molecular weight excluding hydrogens is 324 g/mol. The Morgan fingerprint density at radius 3 is 2.18 bits per heavy atom. The maximum Gasteiger partial charge on any atom is 0.335 e. The van der Waals surface area contributed by atoms with E-state index in [4.69, 9.17) is 16.7 Å². The van der Waals surface area contributed by atoms with Crippen LogP contribution in [-0.4, -0.2) is 19.5 Å². The van der Waals surface area contributed by atoms with E-state index >= 15 is 0 Å². The van der Waals surface area contributed by atoms with Gasteiger partial charge in [0.05, 0.1) is 11.3 Å². The summed E-state index contributed by atoms with van der Waals surface area (Å²) in [7, 11) is -3.41. The van der Waals surface area contributed by atoms with Gasteiger partial charge in [-0.25, -0.2) is 13.2 Å². The van der Waals surface area contributed by atoms with Crippen molar-refractivity contribution in [3.05, 3.63) is 75.7 Å². The average Bonchev–Trinajstić information content (AvgIpc) is 2.48. The minimum Gasteiger partial charge on any atom is -0.478 e. The number of halogens is 1. The first-order chi connectivity index (χ1) is 10.4. The van der Waals surface area contributed by atoms with Gasteiger partial charge in [0.15, 0.2) is 9.84 Å². The molecule has 0 saturated carbocycles.